The summed E-state index contributed by atoms with van der Waals surface area (Å²) in [6.07, 6.45) is 0. The second-order valence-electron chi connectivity index (χ2n) is 4.66. The molecule has 0 bridgehead atoms. The second kappa shape index (κ2) is 6.66. The fraction of sp³-hybridized carbons (Fsp3) is 0. The summed E-state index contributed by atoms with van der Waals surface area (Å²) in [5.41, 5.74) is 1.31. The number of aromatic nitrogens is 2. The molecule has 0 fully saturated rings. The highest BCUT2D eigenvalue weighted by molar-refractivity contribution is 7.94. The van der Waals surface area contributed by atoms with Gasteiger partial charge in [0.05, 0.1) is 11.6 Å². The van der Waals surface area contributed by atoms with Crippen LogP contribution in [-0.2, 0) is 10.0 Å². The average molecular weight is 357 g/mol. The van der Waals surface area contributed by atoms with Crippen LogP contribution in [0.3, 0.4) is 0 Å². The van der Waals surface area contributed by atoms with E-state index in [9.17, 15) is 8.42 Å². The van der Waals surface area contributed by atoms with Gasteiger partial charge in [-0.15, -0.1) is 21.5 Å². The van der Waals surface area contributed by atoms with Crippen LogP contribution in [0.15, 0.2) is 58.1 Å². The average Bonchev–Trinajstić information content (AvgIpc) is 3.13. The number of nitriles is 1. The van der Waals surface area contributed by atoms with Gasteiger partial charge in [-0.25, -0.2) is 8.42 Å². The van der Waals surface area contributed by atoms with Crippen molar-refractivity contribution in [1.29, 1.82) is 5.26 Å². The number of sulfonamides is 1. The van der Waals surface area contributed by atoms with E-state index in [2.05, 4.69) is 20.2 Å². The van der Waals surface area contributed by atoms with Crippen LogP contribution in [0.2, 0.25) is 0 Å². The maximum Gasteiger partial charge on any atom is 0.272 e. The Morgan fingerprint density at radius 3 is 2.29 bits per heavy atom. The molecular weight excluding hydrogens is 346 g/mol. The topological polar surface area (TPSA) is 108 Å². The molecule has 2 aromatic heterocycles. The van der Waals surface area contributed by atoms with Crippen LogP contribution >= 0.6 is 11.3 Å². The molecule has 9 heteroatoms. The van der Waals surface area contributed by atoms with Crippen molar-refractivity contribution in [2.24, 2.45) is 0 Å². The molecule has 3 aromatic rings. The van der Waals surface area contributed by atoms with Crippen molar-refractivity contribution < 1.29 is 8.42 Å². The normalized spacial score (nSPS) is 10.8. The van der Waals surface area contributed by atoms with Gasteiger partial charge in [0.2, 0.25) is 0 Å². The lowest BCUT2D eigenvalue weighted by Crippen LogP contribution is -2.13. The van der Waals surface area contributed by atoms with E-state index in [1.54, 1.807) is 41.8 Å². The zero-order valence-corrected chi connectivity index (χ0v) is 13.8. The van der Waals surface area contributed by atoms with Gasteiger partial charge in [-0.2, -0.15) is 5.26 Å². The molecule has 120 valence electrons. The quantitative estimate of drug-likeness (QED) is 0.727. The van der Waals surface area contributed by atoms with E-state index >= 15 is 0 Å². The van der Waals surface area contributed by atoms with Gasteiger partial charge >= 0.3 is 0 Å². The first-order valence-electron chi connectivity index (χ1n) is 6.74. The highest BCUT2D eigenvalue weighted by Crippen LogP contribution is 2.20. The molecule has 0 aliphatic heterocycles. The molecule has 0 spiro atoms. The number of hydrogen-bond donors (Lipinski definition) is 2. The van der Waals surface area contributed by atoms with Crippen LogP contribution in [0.1, 0.15) is 5.56 Å². The van der Waals surface area contributed by atoms with E-state index in [0.29, 0.717) is 11.4 Å². The monoisotopic (exact) mass is 357 g/mol. The number of anilines is 3. The standard InChI is InChI=1S/C15H11N5O2S2/c16-10-11-3-5-12(6-4-11)17-13-7-8-14(19-18-13)20-24(21,22)15-2-1-9-23-15/h1-9H,(H,17,18)(H,19,20). The van der Waals surface area contributed by atoms with Crippen LogP contribution in [0.5, 0.6) is 0 Å². The molecule has 0 amide bonds. The number of thiophene rings is 1. The van der Waals surface area contributed by atoms with E-state index in [0.717, 1.165) is 17.0 Å². The van der Waals surface area contributed by atoms with Gasteiger partial charge < -0.3 is 5.32 Å². The Balaban J connectivity index is 1.70. The summed E-state index contributed by atoms with van der Waals surface area (Å²) >= 11 is 1.12. The summed E-state index contributed by atoms with van der Waals surface area (Å²) in [6.45, 7) is 0. The zero-order chi connectivity index (χ0) is 17.0. The number of rotatable bonds is 5. The van der Waals surface area contributed by atoms with Crippen LogP contribution in [0, 0.1) is 11.3 Å². The molecule has 0 saturated heterocycles. The van der Waals surface area contributed by atoms with Gasteiger partial charge in [0.25, 0.3) is 10.0 Å². The lowest BCUT2D eigenvalue weighted by molar-refractivity contribution is 0.603. The first-order chi connectivity index (χ1) is 11.6. The molecule has 0 atom stereocenters. The van der Waals surface area contributed by atoms with E-state index in [4.69, 9.17) is 5.26 Å². The van der Waals surface area contributed by atoms with Gasteiger partial charge in [-0.1, -0.05) is 6.07 Å². The highest BCUT2D eigenvalue weighted by atomic mass is 32.2. The Kier molecular flexibility index (Phi) is 4.41. The first kappa shape index (κ1) is 15.9. The molecular formula is C15H11N5O2S2. The minimum atomic E-state index is -3.63. The van der Waals surface area contributed by atoms with Crippen LogP contribution in [0.4, 0.5) is 17.3 Å². The third-order valence-corrected chi connectivity index (χ3v) is 5.70. The van der Waals surface area contributed by atoms with Crippen LogP contribution < -0.4 is 10.0 Å². The minimum Gasteiger partial charge on any atom is -0.339 e. The molecule has 2 N–H and O–H groups in total. The molecule has 0 saturated carbocycles. The summed E-state index contributed by atoms with van der Waals surface area (Å²) in [5, 5.41) is 21.2. The van der Waals surface area contributed by atoms with Gasteiger partial charge in [-0.3, -0.25) is 4.72 Å². The molecule has 2 heterocycles. The predicted molar refractivity (Wildman–Crippen MR) is 91.6 cm³/mol. The Labute approximate surface area is 142 Å². The van der Waals surface area contributed by atoms with Gasteiger partial charge in [0.1, 0.15) is 4.21 Å². The van der Waals surface area contributed by atoms with Crippen molar-refractivity contribution in [3.63, 3.8) is 0 Å². The van der Waals surface area contributed by atoms with Crippen molar-refractivity contribution in [3.05, 3.63) is 59.5 Å². The molecule has 7 nitrogen and oxygen atoms in total. The molecule has 3 rings (SSSR count). The lowest BCUT2D eigenvalue weighted by Gasteiger charge is -2.07. The van der Waals surface area contributed by atoms with Gasteiger partial charge in [0.15, 0.2) is 11.6 Å². The van der Waals surface area contributed by atoms with Crippen molar-refractivity contribution >= 4 is 38.7 Å². The molecule has 1 aromatic carbocycles. The Morgan fingerprint density at radius 1 is 1.00 bits per heavy atom. The Bertz CT molecular complexity index is 960. The van der Waals surface area contributed by atoms with E-state index in [1.165, 1.54) is 12.1 Å². The second-order valence-corrected chi connectivity index (χ2v) is 7.51. The van der Waals surface area contributed by atoms with Gasteiger partial charge in [-0.05, 0) is 47.8 Å². The summed E-state index contributed by atoms with van der Waals surface area (Å²) in [4.78, 5) is 0. The zero-order valence-electron chi connectivity index (χ0n) is 12.2. The number of nitrogens with one attached hydrogen (secondary N) is 2. The minimum absolute atomic E-state index is 0.133. The molecule has 0 unspecified atom stereocenters. The summed E-state index contributed by atoms with van der Waals surface area (Å²) in [6, 6.07) is 15.2. The van der Waals surface area contributed by atoms with Crippen LogP contribution in [-0.4, -0.2) is 18.6 Å². The fourth-order valence-electron chi connectivity index (χ4n) is 1.83. The smallest absolute Gasteiger partial charge is 0.272 e. The largest absolute Gasteiger partial charge is 0.339 e. The molecule has 0 radical (unpaired) electrons. The van der Waals surface area contributed by atoms with Crippen molar-refractivity contribution in [1.82, 2.24) is 10.2 Å². The van der Waals surface area contributed by atoms with Crippen molar-refractivity contribution in [2.45, 2.75) is 4.21 Å². The number of nitrogens with zero attached hydrogens (tertiary/aromatic N) is 3. The van der Waals surface area contributed by atoms with Gasteiger partial charge in [0, 0.05) is 5.69 Å². The SMILES string of the molecule is N#Cc1ccc(Nc2ccc(NS(=O)(=O)c3cccs3)nn2)cc1. The molecule has 0 aliphatic carbocycles. The van der Waals surface area contributed by atoms with E-state index in [-0.39, 0.29) is 10.0 Å². The van der Waals surface area contributed by atoms with Crippen molar-refractivity contribution in [3.8, 4) is 6.07 Å². The highest BCUT2D eigenvalue weighted by Gasteiger charge is 2.15. The number of benzene rings is 1. The maximum atomic E-state index is 12.1. The van der Waals surface area contributed by atoms with E-state index in [1.807, 2.05) is 6.07 Å². The molecule has 24 heavy (non-hydrogen) atoms. The predicted octanol–water partition coefficient (Wildman–Crippen LogP) is 2.95. The first-order valence-corrected chi connectivity index (χ1v) is 9.10. The van der Waals surface area contributed by atoms with E-state index < -0.39 is 10.0 Å². The molecule has 0 aliphatic rings. The van der Waals surface area contributed by atoms with Crippen molar-refractivity contribution in [2.75, 3.05) is 10.0 Å². The Hall–Kier alpha value is -2.96. The third kappa shape index (κ3) is 3.68. The lowest BCUT2D eigenvalue weighted by atomic mass is 10.2. The summed E-state index contributed by atoms with van der Waals surface area (Å²) < 4.78 is 26.8. The summed E-state index contributed by atoms with van der Waals surface area (Å²) in [7, 11) is -3.63. The fourth-order valence-corrected chi connectivity index (χ4v) is 3.82. The maximum absolute atomic E-state index is 12.1. The Morgan fingerprint density at radius 2 is 1.71 bits per heavy atom. The number of hydrogen-bond acceptors (Lipinski definition) is 7. The third-order valence-electron chi connectivity index (χ3n) is 2.95. The summed E-state index contributed by atoms with van der Waals surface area (Å²) in [5.74, 6) is 0.590. The van der Waals surface area contributed by atoms with Crippen LogP contribution in [0.25, 0.3) is 0 Å².